The second-order valence-electron chi connectivity index (χ2n) is 4.97. The molecule has 1 unspecified atom stereocenters. The molecule has 1 rings (SSSR count). The summed E-state index contributed by atoms with van der Waals surface area (Å²) in [6, 6.07) is 7.31. The fourth-order valence-corrected chi connectivity index (χ4v) is 2.22. The van der Waals surface area contributed by atoms with Gasteiger partial charge in [0.05, 0.1) is 4.92 Å². The fraction of sp³-hybridized carbons (Fsp3) is 0.571. The van der Waals surface area contributed by atoms with Crippen molar-refractivity contribution in [3.05, 3.63) is 39.9 Å². The van der Waals surface area contributed by atoms with E-state index in [1.807, 2.05) is 12.1 Å². The summed E-state index contributed by atoms with van der Waals surface area (Å²) in [6.45, 7) is 7.29. The first-order valence-electron chi connectivity index (χ1n) is 6.50. The van der Waals surface area contributed by atoms with Crippen LogP contribution in [-0.2, 0) is 6.42 Å². The second kappa shape index (κ2) is 7.11. The minimum atomic E-state index is -0.298. The van der Waals surface area contributed by atoms with Gasteiger partial charge in [-0.25, -0.2) is 0 Å². The smallest absolute Gasteiger partial charge is 0.272 e. The van der Waals surface area contributed by atoms with Gasteiger partial charge in [-0.15, -0.1) is 0 Å². The Morgan fingerprint density at radius 2 is 2.00 bits per heavy atom. The minimum Gasteiger partial charge on any atom is -0.314 e. The molecule has 0 radical (unpaired) electrons. The van der Waals surface area contributed by atoms with Gasteiger partial charge in [0.2, 0.25) is 0 Å². The monoisotopic (exact) mass is 250 g/mol. The maximum absolute atomic E-state index is 11.0. The Bertz CT molecular complexity index is 391. The van der Waals surface area contributed by atoms with E-state index in [0.29, 0.717) is 18.4 Å². The summed E-state index contributed by atoms with van der Waals surface area (Å²) in [7, 11) is 0. The first-order valence-corrected chi connectivity index (χ1v) is 6.50. The highest BCUT2D eigenvalue weighted by atomic mass is 16.6. The Morgan fingerprint density at radius 1 is 1.33 bits per heavy atom. The second-order valence-corrected chi connectivity index (χ2v) is 4.97. The molecule has 100 valence electrons. The van der Waals surface area contributed by atoms with Gasteiger partial charge in [-0.1, -0.05) is 39.0 Å². The highest BCUT2D eigenvalue weighted by Crippen LogP contribution is 2.21. The largest absolute Gasteiger partial charge is 0.314 e. The molecule has 4 nitrogen and oxygen atoms in total. The number of nitro groups is 1. The van der Waals surface area contributed by atoms with Crippen LogP contribution in [0.15, 0.2) is 24.3 Å². The highest BCUT2D eigenvalue weighted by Gasteiger charge is 2.17. The Balaban J connectivity index is 2.82. The van der Waals surface area contributed by atoms with Gasteiger partial charge in [0.25, 0.3) is 5.69 Å². The van der Waals surface area contributed by atoms with Crippen LogP contribution in [0.5, 0.6) is 0 Å². The standard InChI is InChI=1S/C14H22N2O2/c1-4-15-13(9-11(2)3)10-12-7-5-6-8-14(12)16(17)18/h5-8,11,13,15H,4,9-10H2,1-3H3. The SMILES string of the molecule is CCNC(Cc1ccccc1[N+](=O)[O-])CC(C)C. The normalized spacial score (nSPS) is 12.7. The molecule has 0 aliphatic heterocycles. The van der Waals surface area contributed by atoms with Crippen molar-refractivity contribution < 1.29 is 4.92 Å². The number of hydrogen-bond donors (Lipinski definition) is 1. The summed E-state index contributed by atoms with van der Waals surface area (Å²) in [5, 5.41) is 14.4. The molecule has 18 heavy (non-hydrogen) atoms. The number of benzene rings is 1. The van der Waals surface area contributed by atoms with Crippen molar-refractivity contribution >= 4 is 5.69 Å². The summed E-state index contributed by atoms with van der Waals surface area (Å²) in [5.41, 5.74) is 1.04. The van der Waals surface area contributed by atoms with Gasteiger partial charge in [0.15, 0.2) is 0 Å². The average Bonchev–Trinajstić information content (AvgIpc) is 2.28. The molecule has 0 aliphatic rings. The third-order valence-corrected chi connectivity index (χ3v) is 2.90. The number of nitrogens with one attached hydrogen (secondary N) is 1. The van der Waals surface area contributed by atoms with E-state index in [-0.39, 0.29) is 10.6 Å². The van der Waals surface area contributed by atoms with Crippen molar-refractivity contribution in [2.45, 2.75) is 39.7 Å². The summed E-state index contributed by atoms with van der Waals surface area (Å²) in [4.78, 5) is 10.7. The third kappa shape index (κ3) is 4.45. The van der Waals surface area contributed by atoms with Gasteiger partial charge in [-0.05, 0) is 25.3 Å². The molecule has 0 saturated heterocycles. The molecule has 0 aliphatic carbocycles. The van der Waals surface area contributed by atoms with Crippen molar-refractivity contribution in [3.63, 3.8) is 0 Å². The van der Waals surface area contributed by atoms with E-state index in [0.717, 1.165) is 18.5 Å². The number of nitrogens with zero attached hydrogens (tertiary/aromatic N) is 1. The number of hydrogen-bond acceptors (Lipinski definition) is 3. The molecule has 0 saturated carbocycles. The lowest BCUT2D eigenvalue weighted by atomic mass is 9.96. The minimum absolute atomic E-state index is 0.226. The fourth-order valence-electron chi connectivity index (χ4n) is 2.22. The Hall–Kier alpha value is -1.42. The van der Waals surface area contributed by atoms with Crippen LogP contribution in [0.1, 0.15) is 32.8 Å². The van der Waals surface area contributed by atoms with E-state index in [9.17, 15) is 10.1 Å². The van der Waals surface area contributed by atoms with Gasteiger partial charge < -0.3 is 5.32 Å². The molecule has 1 N–H and O–H groups in total. The Kier molecular flexibility index (Phi) is 5.78. The van der Waals surface area contributed by atoms with E-state index in [4.69, 9.17) is 0 Å². The number of rotatable bonds is 7. The number of nitro benzene ring substituents is 1. The first kappa shape index (κ1) is 14.6. The average molecular weight is 250 g/mol. The molecule has 0 amide bonds. The summed E-state index contributed by atoms with van der Waals surface area (Å²) >= 11 is 0. The van der Waals surface area contributed by atoms with Crippen molar-refractivity contribution in [1.82, 2.24) is 5.32 Å². The predicted octanol–water partition coefficient (Wildman–Crippen LogP) is 3.16. The van der Waals surface area contributed by atoms with Crippen LogP contribution in [0.3, 0.4) is 0 Å². The maximum Gasteiger partial charge on any atom is 0.272 e. The maximum atomic E-state index is 11.0. The van der Waals surface area contributed by atoms with Gasteiger partial charge in [-0.2, -0.15) is 0 Å². The molecule has 0 fully saturated rings. The van der Waals surface area contributed by atoms with Gasteiger partial charge >= 0.3 is 0 Å². The van der Waals surface area contributed by atoms with E-state index in [1.165, 1.54) is 0 Å². The molecule has 1 aromatic rings. The topological polar surface area (TPSA) is 55.2 Å². The zero-order chi connectivity index (χ0) is 13.5. The van der Waals surface area contributed by atoms with Crippen LogP contribution >= 0.6 is 0 Å². The molecule has 0 aromatic heterocycles. The quantitative estimate of drug-likeness (QED) is 0.597. The molecule has 0 bridgehead atoms. The van der Waals surface area contributed by atoms with Crippen LogP contribution in [-0.4, -0.2) is 17.5 Å². The molecule has 0 heterocycles. The molecule has 1 atom stereocenters. The molecule has 4 heteroatoms. The van der Waals surface area contributed by atoms with E-state index < -0.39 is 0 Å². The Morgan fingerprint density at radius 3 is 2.56 bits per heavy atom. The van der Waals surface area contributed by atoms with Crippen molar-refractivity contribution in [3.8, 4) is 0 Å². The predicted molar refractivity (Wildman–Crippen MR) is 73.7 cm³/mol. The zero-order valence-corrected chi connectivity index (χ0v) is 11.3. The zero-order valence-electron chi connectivity index (χ0n) is 11.3. The lowest BCUT2D eigenvalue weighted by molar-refractivity contribution is -0.385. The van der Waals surface area contributed by atoms with Crippen molar-refractivity contribution in [1.29, 1.82) is 0 Å². The van der Waals surface area contributed by atoms with Crippen LogP contribution in [0.4, 0.5) is 5.69 Å². The van der Waals surface area contributed by atoms with E-state index in [1.54, 1.807) is 12.1 Å². The summed E-state index contributed by atoms with van der Waals surface area (Å²) < 4.78 is 0. The third-order valence-electron chi connectivity index (χ3n) is 2.90. The lowest BCUT2D eigenvalue weighted by Crippen LogP contribution is -2.32. The van der Waals surface area contributed by atoms with Crippen molar-refractivity contribution in [2.75, 3.05) is 6.54 Å². The molecule has 1 aromatic carbocycles. The van der Waals surface area contributed by atoms with Crippen LogP contribution in [0, 0.1) is 16.0 Å². The van der Waals surface area contributed by atoms with Crippen LogP contribution < -0.4 is 5.32 Å². The van der Waals surface area contributed by atoms with Gasteiger partial charge in [0.1, 0.15) is 0 Å². The molecule has 0 spiro atoms. The van der Waals surface area contributed by atoms with Crippen LogP contribution in [0.25, 0.3) is 0 Å². The van der Waals surface area contributed by atoms with Crippen LogP contribution in [0.2, 0.25) is 0 Å². The molecular weight excluding hydrogens is 228 g/mol. The Labute approximate surface area is 109 Å². The number of para-hydroxylation sites is 1. The first-order chi connectivity index (χ1) is 8.54. The highest BCUT2D eigenvalue weighted by molar-refractivity contribution is 5.40. The van der Waals surface area contributed by atoms with E-state index >= 15 is 0 Å². The van der Waals surface area contributed by atoms with Gasteiger partial charge in [0, 0.05) is 17.7 Å². The van der Waals surface area contributed by atoms with Crippen molar-refractivity contribution in [2.24, 2.45) is 5.92 Å². The summed E-state index contributed by atoms with van der Waals surface area (Å²) in [5.74, 6) is 0.580. The van der Waals surface area contributed by atoms with Gasteiger partial charge in [-0.3, -0.25) is 10.1 Å². The molecular formula is C14H22N2O2. The van der Waals surface area contributed by atoms with E-state index in [2.05, 4.69) is 26.1 Å². The summed E-state index contributed by atoms with van der Waals surface area (Å²) in [6.07, 6.45) is 1.74. The lowest BCUT2D eigenvalue weighted by Gasteiger charge is -2.19. The number of likely N-dealkylation sites (N-methyl/N-ethyl adjacent to an activating group) is 1.